The van der Waals surface area contributed by atoms with Gasteiger partial charge >= 0.3 is 16.3 Å². The molecule has 12 heteroatoms. The summed E-state index contributed by atoms with van der Waals surface area (Å²) in [5, 5.41) is 11.7. The van der Waals surface area contributed by atoms with Crippen LogP contribution in [0.5, 0.6) is 0 Å². The van der Waals surface area contributed by atoms with E-state index < -0.39 is 48.6 Å². The molecule has 0 bridgehead atoms. The summed E-state index contributed by atoms with van der Waals surface area (Å²) in [5.74, 6) is 0. The van der Waals surface area contributed by atoms with E-state index in [0.29, 0.717) is 5.56 Å². The van der Waals surface area contributed by atoms with E-state index in [9.17, 15) is 30.0 Å². The molecule has 1 N–H and O–H groups in total. The van der Waals surface area contributed by atoms with Crippen LogP contribution < -0.4 is 0 Å². The molecule has 2 rings (SSSR count). The van der Waals surface area contributed by atoms with E-state index in [0.717, 1.165) is 24.6 Å². The third-order valence-electron chi connectivity index (χ3n) is 4.10. The Hall–Kier alpha value is -2.44. The molecular formula is C18H18F3NO6S2. The Morgan fingerprint density at radius 3 is 2.03 bits per heavy atom. The second-order valence-electron chi connectivity index (χ2n) is 6.29. The van der Waals surface area contributed by atoms with E-state index in [1.54, 1.807) is 6.92 Å². The number of sulfone groups is 1. The second-order valence-corrected chi connectivity index (χ2v) is 10.7. The first kappa shape index (κ1) is 23.8. The van der Waals surface area contributed by atoms with E-state index in [1.165, 1.54) is 36.4 Å². The van der Waals surface area contributed by atoms with Crippen LogP contribution in [0.4, 0.5) is 13.2 Å². The Labute approximate surface area is 171 Å². The maximum Gasteiger partial charge on any atom is 0.437 e. The molecule has 2 aromatic rings. The van der Waals surface area contributed by atoms with Gasteiger partial charge in [-0.3, -0.25) is 4.28 Å². The number of aliphatic hydroxyl groups excluding tert-OH is 1. The smallest absolute Gasteiger partial charge is 0.392 e. The van der Waals surface area contributed by atoms with Crippen LogP contribution in [0.25, 0.3) is 0 Å². The predicted molar refractivity (Wildman–Crippen MR) is 103 cm³/mol. The molecule has 1 unspecified atom stereocenters. The first-order valence-electron chi connectivity index (χ1n) is 8.37. The van der Waals surface area contributed by atoms with Crippen LogP contribution in [0.2, 0.25) is 0 Å². The molecule has 0 heterocycles. The fourth-order valence-electron chi connectivity index (χ4n) is 2.26. The van der Waals surface area contributed by atoms with E-state index in [-0.39, 0.29) is 4.90 Å². The van der Waals surface area contributed by atoms with Crippen molar-refractivity contribution in [1.29, 1.82) is 0 Å². The third-order valence-corrected chi connectivity index (χ3v) is 8.47. The number of nitrogens with zero attached hydrogens (tertiary/aromatic N) is 1. The zero-order valence-corrected chi connectivity index (χ0v) is 17.4. The molecule has 7 nitrogen and oxygen atoms in total. The van der Waals surface area contributed by atoms with Crippen LogP contribution in [-0.2, 0) is 30.8 Å². The maximum absolute atomic E-state index is 13.3. The number of hydrogen-bond donors (Lipinski definition) is 1. The highest BCUT2D eigenvalue weighted by Crippen LogP contribution is 2.26. The molecule has 164 valence electrons. The molecule has 0 radical (unpaired) electrons. The van der Waals surface area contributed by atoms with Crippen molar-refractivity contribution in [2.75, 3.05) is 0 Å². The molecule has 0 aliphatic rings. The van der Waals surface area contributed by atoms with Gasteiger partial charge in [0.05, 0.1) is 11.5 Å². The Balaban J connectivity index is 2.38. The van der Waals surface area contributed by atoms with Gasteiger partial charge in [-0.2, -0.15) is 21.6 Å². The monoisotopic (exact) mass is 465 g/mol. The number of hydrogen-bond acceptors (Lipinski definition) is 7. The summed E-state index contributed by atoms with van der Waals surface area (Å²) in [6, 6.07) is 9.59. The largest absolute Gasteiger partial charge is 0.437 e. The average molecular weight is 465 g/mol. The summed E-state index contributed by atoms with van der Waals surface area (Å²) in [6.45, 7) is 2.07. The van der Waals surface area contributed by atoms with Crippen LogP contribution in [0, 0.1) is 6.92 Å². The van der Waals surface area contributed by atoms with E-state index in [2.05, 4.69) is 9.44 Å². The highest BCUT2D eigenvalue weighted by Gasteiger charge is 2.41. The van der Waals surface area contributed by atoms with Gasteiger partial charge in [0, 0.05) is 5.56 Å². The van der Waals surface area contributed by atoms with Crippen molar-refractivity contribution >= 4 is 25.7 Å². The summed E-state index contributed by atoms with van der Waals surface area (Å²) in [4.78, 5) is -0.326. The quantitative estimate of drug-likeness (QED) is 0.497. The van der Waals surface area contributed by atoms with Gasteiger partial charge in [-0.25, -0.2) is 8.42 Å². The molecule has 1 atom stereocenters. The van der Waals surface area contributed by atoms with Crippen LogP contribution in [0.1, 0.15) is 23.6 Å². The molecule has 0 saturated heterocycles. The Bertz CT molecular complexity index is 1120. The summed E-state index contributed by atoms with van der Waals surface area (Å²) in [6.07, 6.45) is -5.09. The molecule has 0 aliphatic heterocycles. The Morgan fingerprint density at radius 2 is 1.57 bits per heavy atom. The van der Waals surface area contributed by atoms with E-state index in [4.69, 9.17) is 5.11 Å². The SMILES string of the molecule is Cc1ccc(S(=O)(=O)C(C)S(=O)(=O)ON=C(c2ccc(CO)cc2)C(F)(F)F)cc1. The fourth-order valence-corrected chi connectivity index (χ4v) is 5.14. The van der Waals surface area contributed by atoms with Gasteiger partial charge in [0.15, 0.2) is 15.5 Å². The van der Waals surface area contributed by atoms with Crippen LogP contribution in [0.15, 0.2) is 58.6 Å². The molecule has 0 aromatic heterocycles. The van der Waals surface area contributed by atoms with Gasteiger partial charge in [0.1, 0.15) is 0 Å². The molecule has 0 saturated carbocycles. The van der Waals surface area contributed by atoms with Crippen molar-refractivity contribution in [2.45, 2.75) is 36.1 Å². The van der Waals surface area contributed by atoms with Crippen LogP contribution in [0.3, 0.4) is 0 Å². The van der Waals surface area contributed by atoms with Gasteiger partial charge in [-0.05, 0) is 31.5 Å². The van der Waals surface area contributed by atoms with E-state index >= 15 is 0 Å². The number of benzene rings is 2. The molecule has 0 spiro atoms. The number of aliphatic hydroxyl groups is 1. The lowest BCUT2D eigenvalue weighted by molar-refractivity contribution is -0.0597. The van der Waals surface area contributed by atoms with Crippen molar-refractivity contribution in [1.82, 2.24) is 0 Å². The van der Waals surface area contributed by atoms with Crippen molar-refractivity contribution in [2.24, 2.45) is 5.16 Å². The summed E-state index contributed by atoms with van der Waals surface area (Å²) < 4.78 is 91.5. The molecule has 0 aliphatic carbocycles. The molecule has 0 amide bonds. The van der Waals surface area contributed by atoms with Gasteiger partial charge in [0.2, 0.25) is 4.58 Å². The van der Waals surface area contributed by atoms with E-state index in [1.807, 2.05) is 0 Å². The average Bonchev–Trinajstić information content (AvgIpc) is 2.67. The zero-order chi connectivity index (χ0) is 22.7. The number of oxime groups is 1. The number of aryl methyl sites for hydroxylation is 1. The van der Waals surface area contributed by atoms with Gasteiger partial charge < -0.3 is 5.11 Å². The highest BCUT2D eigenvalue weighted by molar-refractivity contribution is 8.07. The second kappa shape index (κ2) is 8.74. The topological polar surface area (TPSA) is 110 Å². The van der Waals surface area contributed by atoms with Gasteiger partial charge in [0.25, 0.3) is 0 Å². The normalized spacial score (nSPS) is 14.4. The summed E-state index contributed by atoms with van der Waals surface area (Å²) in [7, 11) is -9.53. The standard InChI is InChI=1S/C18H18F3NO6S2/c1-12-3-9-16(10-4-12)29(24,25)13(2)30(26,27)28-22-17(18(19,20)21)15-7-5-14(11-23)6-8-15/h3-10,13,23H,11H2,1-2H3. The lowest BCUT2D eigenvalue weighted by Gasteiger charge is -2.14. The summed E-state index contributed by atoms with van der Waals surface area (Å²) >= 11 is 0. The Kier molecular flexibility index (Phi) is 6.94. The number of halogens is 3. The van der Waals surface area contributed by atoms with Crippen molar-refractivity contribution in [3.8, 4) is 0 Å². The third kappa shape index (κ3) is 5.37. The number of alkyl halides is 3. The minimum absolute atomic E-state index is 0.326. The summed E-state index contributed by atoms with van der Waals surface area (Å²) in [5.41, 5.74) is -1.14. The molecule has 2 aromatic carbocycles. The molecule has 0 fully saturated rings. The van der Waals surface area contributed by atoms with Gasteiger partial charge in [-0.15, -0.1) is 0 Å². The number of rotatable bonds is 7. The molecule has 30 heavy (non-hydrogen) atoms. The molecular weight excluding hydrogens is 447 g/mol. The van der Waals surface area contributed by atoms with Crippen LogP contribution >= 0.6 is 0 Å². The zero-order valence-electron chi connectivity index (χ0n) is 15.8. The van der Waals surface area contributed by atoms with Crippen molar-refractivity contribution < 1.29 is 39.4 Å². The first-order valence-corrected chi connectivity index (χ1v) is 11.4. The maximum atomic E-state index is 13.3. The Morgan fingerprint density at radius 1 is 1.03 bits per heavy atom. The van der Waals surface area contributed by atoms with Crippen molar-refractivity contribution in [3.05, 3.63) is 65.2 Å². The lowest BCUT2D eigenvalue weighted by atomic mass is 10.1. The van der Waals surface area contributed by atoms with Crippen molar-refractivity contribution in [3.63, 3.8) is 0 Å². The van der Waals surface area contributed by atoms with Gasteiger partial charge in [-0.1, -0.05) is 47.1 Å². The fraction of sp³-hybridized carbons (Fsp3) is 0.278. The minimum atomic E-state index is -5.09. The highest BCUT2D eigenvalue weighted by atomic mass is 32.3. The predicted octanol–water partition coefficient (Wildman–Crippen LogP) is 2.92. The lowest BCUT2D eigenvalue weighted by Crippen LogP contribution is -2.30. The first-order chi connectivity index (χ1) is 13.8. The minimum Gasteiger partial charge on any atom is -0.392 e. The van der Waals surface area contributed by atoms with Crippen LogP contribution in [-0.4, -0.2) is 38.4 Å².